The van der Waals surface area contributed by atoms with Gasteiger partial charge in [-0.2, -0.15) is 0 Å². The van der Waals surface area contributed by atoms with Crippen LogP contribution in [0.4, 0.5) is 10.5 Å². The maximum atomic E-state index is 12.4. The largest absolute Gasteiger partial charge is 0.493 e. The Morgan fingerprint density at radius 3 is 2.36 bits per heavy atom. The van der Waals surface area contributed by atoms with E-state index in [9.17, 15) is 14.7 Å². The van der Waals surface area contributed by atoms with Crippen molar-refractivity contribution < 1.29 is 28.9 Å². The van der Waals surface area contributed by atoms with Crippen LogP contribution in [0.15, 0.2) is 73.1 Å². The maximum Gasteiger partial charge on any atom is 0.408 e. The second-order valence-corrected chi connectivity index (χ2v) is 7.69. The van der Waals surface area contributed by atoms with Gasteiger partial charge >= 0.3 is 6.09 Å². The first-order chi connectivity index (χ1) is 17.5. The number of hydrogen-bond acceptors (Lipinski definition) is 7. The standard InChI is InChI=1S/C26H24N4O6/c1-34-22-12-19-20(13-23(22)35-2)27-11-10-21(19)36-25-9-8-18(14-28-25)29-24(31)16-30(26(32)33)15-17-6-4-3-5-7-17/h3-14H,15-16H2,1-2H3,(H,29,31)(H,32,33). The van der Waals surface area contributed by atoms with E-state index >= 15 is 0 Å². The van der Waals surface area contributed by atoms with Gasteiger partial charge in [-0.15, -0.1) is 0 Å². The van der Waals surface area contributed by atoms with Crippen LogP contribution in [0, 0.1) is 0 Å². The highest BCUT2D eigenvalue weighted by Gasteiger charge is 2.17. The molecule has 36 heavy (non-hydrogen) atoms. The average Bonchev–Trinajstić information content (AvgIpc) is 2.89. The summed E-state index contributed by atoms with van der Waals surface area (Å²) < 4.78 is 16.6. The van der Waals surface area contributed by atoms with Crippen LogP contribution in [-0.2, 0) is 11.3 Å². The number of carbonyl (C=O) groups is 2. The molecule has 2 aromatic carbocycles. The molecule has 2 amide bonds. The fraction of sp³-hybridized carbons (Fsp3) is 0.154. The number of anilines is 1. The molecule has 0 aliphatic carbocycles. The molecule has 0 unspecified atom stereocenters. The van der Waals surface area contributed by atoms with Gasteiger partial charge < -0.3 is 24.6 Å². The van der Waals surface area contributed by atoms with Gasteiger partial charge in [-0.1, -0.05) is 30.3 Å². The van der Waals surface area contributed by atoms with Crippen LogP contribution in [0.3, 0.4) is 0 Å². The first-order valence-electron chi connectivity index (χ1n) is 10.9. The Morgan fingerprint density at radius 2 is 1.69 bits per heavy atom. The third-order valence-electron chi connectivity index (χ3n) is 5.26. The molecule has 0 radical (unpaired) electrons. The number of rotatable bonds is 9. The minimum atomic E-state index is -1.19. The highest BCUT2D eigenvalue weighted by molar-refractivity contribution is 5.93. The highest BCUT2D eigenvalue weighted by atomic mass is 16.5. The fourth-order valence-corrected chi connectivity index (χ4v) is 3.53. The molecule has 0 saturated carbocycles. The molecule has 184 valence electrons. The summed E-state index contributed by atoms with van der Waals surface area (Å²) in [6.07, 6.45) is 1.86. The number of carbonyl (C=O) groups excluding carboxylic acids is 1. The molecule has 0 saturated heterocycles. The molecule has 2 heterocycles. The highest BCUT2D eigenvalue weighted by Crippen LogP contribution is 2.36. The van der Waals surface area contributed by atoms with Crippen molar-refractivity contribution in [2.75, 3.05) is 26.1 Å². The lowest BCUT2D eigenvalue weighted by atomic mass is 10.2. The summed E-state index contributed by atoms with van der Waals surface area (Å²) in [7, 11) is 3.10. The van der Waals surface area contributed by atoms with E-state index in [0.29, 0.717) is 39.7 Å². The Labute approximate surface area is 207 Å². The van der Waals surface area contributed by atoms with Gasteiger partial charge in [0.1, 0.15) is 12.3 Å². The summed E-state index contributed by atoms with van der Waals surface area (Å²) in [4.78, 5) is 33.7. The Hall–Kier alpha value is -4.86. The Morgan fingerprint density at radius 1 is 0.944 bits per heavy atom. The maximum absolute atomic E-state index is 12.4. The number of benzene rings is 2. The van der Waals surface area contributed by atoms with E-state index in [-0.39, 0.29) is 13.1 Å². The zero-order valence-electron chi connectivity index (χ0n) is 19.7. The number of carboxylic acid groups (broad SMARTS) is 1. The average molecular weight is 489 g/mol. The van der Waals surface area contributed by atoms with Crippen molar-refractivity contribution in [3.63, 3.8) is 0 Å². The molecular weight excluding hydrogens is 464 g/mol. The molecule has 2 N–H and O–H groups in total. The van der Waals surface area contributed by atoms with Crippen LogP contribution in [0.1, 0.15) is 5.56 Å². The zero-order chi connectivity index (χ0) is 25.5. The number of methoxy groups -OCH3 is 2. The number of nitrogens with one attached hydrogen (secondary N) is 1. The van der Waals surface area contributed by atoms with Crippen LogP contribution in [0.2, 0.25) is 0 Å². The summed E-state index contributed by atoms with van der Waals surface area (Å²) in [5.41, 5.74) is 1.85. The van der Waals surface area contributed by atoms with Gasteiger partial charge in [0.25, 0.3) is 0 Å². The van der Waals surface area contributed by atoms with Crippen molar-refractivity contribution in [1.29, 1.82) is 0 Å². The SMILES string of the molecule is COc1cc2nccc(Oc3ccc(NC(=O)CN(Cc4ccccc4)C(=O)O)cn3)c2cc1OC. The number of ether oxygens (including phenoxy) is 3. The zero-order valence-corrected chi connectivity index (χ0v) is 19.7. The van der Waals surface area contributed by atoms with Crippen LogP contribution in [0.25, 0.3) is 10.9 Å². The number of hydrogen-bond donors (Lipinski definition) is 2. The third kappa shape index (κ3) is 5.79. The van der Waals surface area contributed by atoms with Gasteiger partial charge in [0, 0.05) is 30.3 Å². The van der Waals surface area contributed by atoms with Gasteiger partial charge in [-0.25, -0.2) is 9.78 Å². The van der Waals surface area contributed by atoms with Crippen molar-refractivity contribution in [2.45, 2.75) is 6.54 Å². The minimum absolute atomic E-state index is 0.102. The van der Waals surface area contributed by atoms with E-state index in [2.05, 4.69) is 15.3 Å². The Balaban J connectivity index is 1.43. The van der Waals surface area contributed by atoms with E-state index in [1.165, 1.54) is 6.20 Å². The number of amides is 2. The molecule has 0 bridgehead atoms. The summed E-state index contributed by atoms with van der Waals surface area (Å²) in [6, 6.07) is 17.5. The monoisotopic (exact) mass is 488 g/mol. The fourth-order valence-electron chi connectivity index (χ4n) is 3.53. The molecule has 0 spiro atoms. The summed E-state index contributed by atoms with van der Waals surface area (Å²) in [5, 5.41) is 12.8. The molecule has 2 aromatic heterocycles. The predicted molar refractivity (Wildman–Crippen MR) is 133 cm³/mol. The van der Waals surface area contributed by atoms with Gasteiger partial charge in [0.15, 0.2) is 11.5 Å². The van der Waals surface area contributed by atoms with Crippen molar-refractivity contribution in [2.24, 2.45) is 0 Å². The summed E-state index contributed by atoms with van der Waals surface area (Å²) in [6.45, 7) is -0.220. The van der Waals surface area contributed by atoms with E-state index in [1.54, 1.807) is 62.9 Å². The number of aromatic nitrogens is 2. The Bertz CT molecular complexity index is 1360. The van der Waals surface area contributed by atoms with E-state index in [0.717, 1.165) is 10.5 Å². The molecule has 4 aromatic rings. The molecule has 10 heteroatoms. The smallest absolute Gasteiger partial charge is 0.408 e. The lowest BCUT2D eigenvalue weighted by molar-refractivity contribution is -0.117. The second kappa shape index (κ2) is 11.0. The quantitative estimate of drug-likeness (QED) is 0.352. The molecule has 10 nitrogen and oxygen atoms in total. The molecule has 0 fully saturated rings. The molecule has 0 atom stereocenters. The van der Waals surface area contributed by atoms with Crippen molar-refractivity contribution in [3.05, 3.63) is 78.6 Å². The third-order valence-corrected chi connectivity index (χ3v) is 5.26. The number of fused-ring (bicyclic) bond motifs is 1. The number of pyridine rings is 2. The van der Waals surface area contributed by atoms with Crippen molar-refractivity contribution >= 4 is 28.6 Å². The topological polar surface area (TPSA) is 123 Å². The van der Waals surface area contributed by atoms with Crippen molar-refractivity contribution in [1.82, 2.24) is 14.9 Å². The normalized spacial score (nSPS) is 10.5. The predicted octanol–water partition coefficient (Wildman–Crippen LogP) is 4.56. The van der Waals surface area contributed by atoms with Gasteiger partial charge in [0.05, 0.1) is 31.6 Å². The molecular formula is C26H24N4O6. The van der Waals surface area contributed by atoms with Crippen LogP contribution < -0.4 is 19.5 Å². The van der Waals surface area contributed by atoms with Gasteiger partial charge in [-0.3, -0.25) is 14.7 Å². The molecule has 0 aliphatic rings. The van der Waals surface area contributed by atoms with Crippen LogP contribution in [0.5, 0.6) is 23.1 Å². The first kappa shape index (κ1) is 24.3. The minimum Gasteiger partial charge on any atom is -0.493 e. The van der Waals surface area contributed by atoms with Gasteiger partial charge in [-0.05, 0) is 23.8 Å². The Kier molecular flexibility index (Phi) is 7.45. The van der Waals surface area contributed by atoms with E-state index in [1.807, 2.05) is 18.2 Å². The van der Waals surface area contributed by atoms with Crippen molar-refractivity contribution in [3.8, 4) is 23.1 Å². The van der Waals surface area contributed by atoms with Gasteiger partial charge in [0.2, 0.25) is 11.8 Å². The first-order valence-corrected chi connectivity index (χ1v) is 10.9. The number of nitrogens with zero attached hydrogens (tertiary/aromatic N) is 3. The summed E-state index contributed by atoms with van der Waals surface area (Å²) in [5.74, 6) is 1.43. The van der Waals surface area contributed by atoms with Crippen LogP contribution >= 0.6 is 0 Å². The lowest BCUT2D eigenvalue weighted by Crippen LogP contribution is -2.36. The summed E-state index contributed by atoms with van der Waals surface area (Å²) >= 11 is 0. The molecule has 4 rings (SSSR count). The van der Waals surface area contributed by atoms with E-state index < -0.39 is 12.0 Å². The van der Waals surface area contributed by atoms with E-state index in [4.69, 9.17) is 14.2 Å². The second-order valence-electron chi connectivity index (χ2n) is 7.69. The lowest BCUT2D eigenvalue weighted by Gasteiger charge is -2.18. The van der Waals surface area contributed by atoms with Crippen LogP contribution in [-0.4, -0.2) is 52.7 Å². The molecule has 0 aliphatic heterocycles.